The summed E-state index contributed by atoms with van der Waals surface area (Å²) >= 11 is 3.21. The van der Waals surface area contributed by atoms with Crippen LogP contribution < -0.4 is 21.3 Å². The number of alkyl halides is 1. The average Bonchev–Trinajstić information content (AvgIpc) is 2.78. The Hall–Kier alpha value is -3.47. The number of nitrogens with one attached hydrogen (secondary N) is 2. The fraction of sp³-hybridized carbons (Fsp3) is 0.348. The number of likely N-dealkylation sites (N-methyl/N-ethyl adjacent to an activating group) is 1. The first-order valence-electron chi connectivity index (χ1n) is 10.6. The topological polar surface area (TPSA) is 134 Å². The van der Waals surface area contributed by atoms with Crippen molar-refractivity contribution in [3.63, 3.8) is 0 Å². The molecule has 4 N–H and O–H groups in total. The number of carbonyl (C=O) groups is 3. The largest absolute Gasteiger partial charge is 0.364 e. The van der Waals surface area contributed by atoms with Gasteiger partial charge in [0.2, 0.25) is 11.8 Å². The first kappa shape index (κ1) is 26.8. The fourth-order valence-corrected chi connectivity index (χ4v) is 3.29. The van der Waals surface area contributed by atoms with Gasteiger partial charge in [-0.25, -0.2) is 9.97 Å². The molecule has 10 nitrogen and oxygen atoms in total. The molecule has 0 unspecified atom stereocenters. The van der Waals surface area contributed by atoms with E-state index in [1.165, 1.54) is 11.0 Å². The lowest BCUT2D eigenvalue weighted by atomic mass is 10.1. The third-order valence-electron chi connectivity index (χ3n) is 4.73. The Morgan fingerprint density at radius 1 is 1.18 bits per heavy atom. The SMILES string of the molecule is Cc1nc(C(N)=O)c(Nc2cccc(CCNC(=O)CN(C)C(=O)/C=C/CBr)c2)nc1N(C)C. The van der Waals surface area contributed by atoms with E-state index in [2.05, 4.69) is 36.5 Å². The summed E-state index contributed by atoms with van der Waals surface area (Å²) in [6.07, 6.45) is 3.67. The quantitative estimate of drug-likeness (QED) is 0.297. The highest BCUT2D eigenvalue weighted by atomic mass is 79.9. The second kappa shape index (κ2) is 12.7. The number of nitrogens with two attached hydrogens (primary N) is 1. The smallest absolute Gasteiger partial charge is 0.271 e. The lowest BCUT2D eigenvalue weighted by Gasteiger charge is -2.17. The van der Waals surface area contributed by atoms with Gasteiger partial charge in [0.05, 0.1) is 12.2 Å². The van der Waals surface area contributed by atoms with Gasteiger partial charge in [0.25, 0.3) is 5.91 Å². The maximum atomic E-state index is 12.1. The minimum Gasteiger partial charge on any atom is -0.364 e. The Balaban J connectivity index is 2.01. The van der Waals surface area contributed by atoms with Crippen LogP contribution in [-0.4, -0.2) is 72.2 Å². The number of rotatable bonds is 11. The zero-order chi connectivity index (χ0) is 25.3. The number of halogens is 1. The zero-order valence-corrected chi connectivity index (χ0v) is 21.3. The second-order valence-electron chi connectivity index (χ2n) is 7.76. The molecule has 2 rings (SSSR count). The van der Waals surface area contributed by atoms with Gasteiger partial charge in [-0.3, -0.25) is 14.4 Å². The second-order valence-corrected chi connectivity index (χ2v) is 8.41. The predicted octanol–water partition coefficient (Wildman–Crippen LogP) is 1.76. The van der Waals surface area contributed by atoms with E-state index in [9.17, 15) is 14.4 Å². The number of anilines is 3. The van der Waals surface area contributed by atoms with Crippen molar-refractivity contribution in [1.82, 2.24) is 20.2 Å². The van der Waals surface area contributed by atoms with Gasteiger partial charge in [0.1, 0.15) is 0 Å². The Bertz CT molecular complexity index is 1070. The van der Waals surface area contributed by atoms with E-state index in [0.717, 1.165) is 5.56 Å². The van der Waals surface area contributed by atoms with Crippen LogP contribution in [0, 0.1) is 6.92 Å². The number of allylic oxidation sites excluding steroid dienone is 1. The molecular formula is C23H30BrN7O3. The maximum Gasteiger partial charge on any atom is 0.271 e. The van der Waals surface area contributed by atoms with Crippen LogP contribution in [0.25, 0.3) is 0 Å². The summed E-state index contributed by atoms with van der Waals surface area (Å²) in [5.74, 6) is -0.255. The molecule has 0 aliphatic carbocycles. The number of nitrogens with zero attached hydrogens (tertiary/aromatic N) is 4. The molecular weight excluding hydrogens is 502 g/mol. The van der Waals surface area contributed by atoms with Crippen LogP contribution >= 0.6 is 15.9 Å². The molecule has 1 aromatic carbocycles. The lowest BCUT2D eigenvalue weighted by Crippen LogP contribution is -2.38. The molecule has 34 heavy (non-hydrogen) atoms. The van der Waals surface area contributed by atoms with Crippen molar-refractivity contribution in [2.45, 2.75) is 13.3 Å². The Labute approximate surface area is 207 Å². The monoisotopic (exact) mass is 531 g/mol. The number of primary amides is 1. The number of amides is 3. The Morgan fingerprint density at radius 3 is 2.56 bits per heavy atom. The van der Waals surface area contributed by atoms with Crippen LogP contribution in [0.1, 0.15) is 21.7 Å². The molecule has 0 atom stereocenters. The van der Waals surface area contributed by atoms with Gasteiger partial charge in [-0.15, -0.1) is 0 Å². The zero-order valence-electron chi connectivity index (χ0n) is 19.8. The van der Waals surface area contributed by atoms with Crippen LogP contribution in [-0.2, 0) is 16.0 Å². The summed E-state index contributed by atoms with van der Waals surface area (Å²) in [5, 5.41) is 6.52. The third-order valence-corrected chi connectivity index (χ3v) is 5.11. The van der Waals surface area contributed by atoms with Crippen molar-refractivity contribution in [2.24, 2.45) is 5.73 Å². The minimum absolute atomic E-state index is 0.0246. The molecule has 11 heteroatoms. The number of hydrogen-bond donors (Lipinski definition) is 3. The van der Waals surface area contributed by atoms with Gasteiger partial charge in [0, 0.05) is 38.7 Å². The van der Waals surface area contributed by atoms with Crippen molar-refractivity contribution in [3.8, 4) is 0 Å². The Kier molecular flexibility index (Phi) is 9.99. The standard InChI is InChI=1S/C23H30BrN7O3/c1-15-23(30(2)3)29-22(20(27-15)21(25)34)28-17-8-5-7-16(13-17)10-12-26-18(32)14-31(4)19(33)9-6-11-24/h5-9,13H,10-12,14H2,1-4H3,(H2,25,34)(H,26,32)(H,28,29)/b9-6+. The summed E-state index contributed by atoms with van der Waals surface area (Å²) in [4.78, 5) is 47.9. The summed E-state index contributed by atoms with van der Waals surface area (Å²) < 4.78 is 0. The van der Waals surface area contributed by atoms with Crippen molar-refractivity contribution < 1.29 is 14.4 Å². The lowest BCUT2D eigenvalue weighted by molar-refractivity contribution is -0.131. The minimum atomic E-state index is -0.673. The third kappa shape index (κ3) is 7.84. The molecule has 0 aliphatic heterocycles. The van der Waals surface area contributed by atoms with Crippen LogP contribution in [0.3, 0.4) is 0 Å². The normalized spacial score (nSPS) is 10.7. The number of carbonyl (C=O) groups excluding carboxylic acids is 3. The van der Waals surface area contributed by atoms with E-state index in [0.29, 0.717) is 35.5 Å². The van der Waals surface area contributed by atoms with Crippen molar-refractivity contribution in [2.75, 3.05) is 49.8 Å². The fourth-order valence-electron chi connectivity index (χ4n) is 3.10. The molecule has 1 aromatic heterocycles. The van der Waals surface area contributed by atoms with E-state index in [-0.39, 0.29) is 29.9 Å². The van der Waals surface area contributed by atoms with Crippen molar-refractivity contribution >= 4 is 51.0 Å². The molecule has 0 aliphatic rings. The van der Waals surface area contributed by atoms with E-state index in [1.807, 2.05) is 38.4 Å². The van der Waals surface area contributed by atoms with Crippen LogP contribution in [0.5, 0.6) is 0 Å². The first-order chi connectivity index (χ1) is 16.1. The highest BCUT2D eigenvalue weighted by molar-refractivity contribution is 9.09. The molecule has 0 saturated heterocycles. The van der Waals surface area contributed by atoms with E-state index in [1.54, 1.807) is 24.9 Å². The van der Waals surface area contributed by atoms with Crippen LogP contribution in [0.4, 0.5) is 17.3 Å². The molecule has 1 heterocycles. The summed E-state index contributed by atoms with van der Waals surface area (Å²) in [7, 11) is 5.26. The van der Waals surface area contributed by atoms with Crippen molar-refractivity contribution in [3.05, 3.63) is 53.4 Å². The summed E-state index contributed by atoms with van der Waals surface area (Å²) in [6.45, 7) is 2.15. The highest BCUT2D eigenvalue weighted by Gasteiger charge is 2.17. The molecule has 0 spiro atoms. The van der Waals surface area contributed by atoms with E-state index >= 15 is 0 Å². The number of aromatic nitrogens is 2. The predicted molar refractivity (Wildman–Crippen MR) is 137 cm³/mol. The number of aryl methyl sites for hydroxylation is 1. The Morgan fingerprint density at radius 2 is 1.91 bits per heavy atom. The van der Waals surface area contributed by atoms with Crippen molar-refractivity contribution in [1.29, 1.82) is 0 Å². The average molecular weight is 532 g/mol. The first-order valence-corrected chi connectivity index (χ1v) is 11.7. The molecule has 0 radical (unpaired) electrons. The molecule has 0 bridgehead atoms. The molecule has 0 saturated carbocycles. The van der Waals surface area contributed by atoms with Gasteiger partial charge >= 0.3 is 0 Å². The van der Waals surface area contributed by atoms with Crippen LogP contribution in [0.2, 0.25) is 0 Å². The van der Waals surface area contributed by atoms with E-state index in [4.69, 9.17) is 5.73 Å². The number of hydrogen-bond acceptors (Lipinski definition) is 7. The summed E-state index contributed by atoms with van der Waals surface area (Å²) in [6, 6.07) is 7.53. The van der Waals surface area contributed by atoms with E-state index < -0.39 is 5.91 Å². The molecule has 182 valence electrons. The molecule has 3 amide bonds. The number of benzene rings is 1. The summed E-state index contributed by atoms with van der Waals surface area (Å²) in [5.41, 5.74) is 7.82. The van der Waals surface area contributed by atoms with Crippen LogP contribution in [0.15, 0.2) is 36.4 Å². The van der Waals surface area contributed by atoms with Gasteiger partial charge in [-0.1, -0.05) is 34.1 Å². The maximum absolute atomic E-state index is 12.1. The van der Waals surface area contributed by atoms with Gasteiger partial charge < -0.3 is 26.2 Å². The molecule has 2 aromatic rings. The highest BCUT2D eigenvalue weighted by Crippen LogP contribution is 2.23. The van der Waals surface area contributed by atoms with Gasteiger partial charge in [0.15, 0.2) is 17.3 Å². The van der Waals surface area contributed by atoms with Gasteiger partial charge in [-0.05, 0) is 37.1 Å². The van der Waals surface area contributed by atoms with Gasteiger partial charge in [-0.2, -0.15) is 0 Å². The molecule has 0 fully saturated rings.